The summed E-state index contributed by atoms with van der Waals surface area (Å²) in [7, 11) is 0. The van der Waals surface area contributed by atoms with Crippen molar-refractivity contribution in [3.05, 3.63) is 96.1 Å². The van der Waals surface area contributed by atoms with Crippen LogP contribution in [-0.2, 0) is 34.0 Å². The molecule has 1 heterocycles. The predicted molar refractivity (Wildman–Crippen MR) is 127 cm³/mol. The third-order valence-electron chi connectivity index (χ3n) is 5.18. The number of primary amides is 1. The number of unbranched alkanes of at least 4 members (excludes halogenated alkanes) is 1. The van der Waals surface area contributed by atoms with Gasteiger partial charge >= 0.3 is 12.1 Å². The molecule has 36 heavy (non-hydrogen) atoms. The average molecular weight is 604 g/mol. The van der Waals surface area contributed by atoms with E-state index in [1.54, 1.807) is 17.0 Å². The Hall–Kier alpha value is -3.54. The number of halogens is 1. The zero-order valence-corrected chi connectivity index (χ0v) is 21.9. The quantitative estimate of drug-likeness (QED) is 0.127. The van der Waals surface area contributed by atoms with Crippen LogP contribution in [0.15, 0.2) is 79.3 Å². The second-order valence-corrected chi connectivity index (χ2v) is 7.89. The second kappa shape index (κ2) is 15.5. The van der Waals surface area contributed by atoms with Crippen LogP contribution in [0.3, 0.4) is 0 Å². The van der Waals surface area contributed by atoms with Gasteiger partial charge < -0.3 is 44.5 Å². The highest BCUT2D eigenvalue weighted by atomic mass is 127. The van der Waals surface area contributed by atoms with Crippen molar-refractivity contribution in [1.29, 1.82) is 0 Å². The van der Waals surface area contributed by atoms with E-state index in [4.69, 9.17) is 15.2 Å². The molecule has 0 radical (unpaired) electrons. The van der Waals surface area contributed by atoms with Crippen LogP contribution in [-0.4, -0.2) is 29.0 Å². The molecule has 1 atom stereocenters. The molecule has 3 N–H and O–H groups in total. The largest absolute Gasteiger partial charge is 1.00 e. The number of hydrogen-bond acceptors (Lipinski definition) is 6. The Balaban J connectivity index is 0.00000456. The number of aromatic nitrogens is 2. The minimum absolute atomic E-state index is 0. The molecule has 190 valence electrons. The zero-order chi connectivity index (χ0) is 24.9. The van der Waals surface area contributed by atoms with Crippen LogP contribution in [0.25, 0.3) is 0 Å². The molecule has 2 amide bonds. The lowest BCUT2D eigenvalue weighted by molar-refractivity contribution is -0.698. The van der Waals surface area contributed by atoms with Gasteiger partial charge in [0.1, 0.15) is 25.8 Å². The molecule has 0 aliphatic heterocycles. The number of carbonyl (C=O) groups is 3. The molecule has 0 aliphatic carbocycles. The number of carbonyl (C=O) groups excluding carboxylic acids is 3. The SMILES string of the molecule is NC(=O)c1c[n+](CCCC[C@H](NC(=O)OCc2ccccc2)C(=O)OCc2ccccc2)ccn1.[I-]. The van der Waals surface area contributed by atoms with E-state index >= 15 is 0 Å². The number of nitrogens with two attached hydrogens (primary N) is 1. The lowest BCUT2D eigenvalue weighted by Crippen LogP contribution is -3.00. The maximum atomic E-state index is 12.8. The summed E-state index contributed by atoms with van der Waals surface area (Å²) in [5.41, 5.74) is 7.14. The Morgan fingerprint density at radius 3 is 2.14 bits per heavy atom. The van der Waals surface area contributed by atoms with E-state index in [1.807, 2.05) is 60.7 Å². The first-order valence-corrected chi connectivity index (χ1v) is 11.3. The van der Waals surface area contributed by atoms with E-state index < -0.39 is 24.0 Å². The van der Waals surface area contributed by atoms with Gasteiger partial charge in [-0.05, 0) is 24.0 Å². The van der Waals surface area contributed by atoms with Gasteiger partial charge in [-0.15, -0.1) is 0 Å². The lowest BCUT2D eigenvalue weighted by atomic mass is 10.1. The maximum Gasteiger partial charge on any atom is 0.408 e. The fraction of sp³-hybridized carbons (Fsp3) is 0.269. The van der Waals surface area contributed by atoms with E-state index in [1.165, 1.54) is 6.20 Å². The van der Waals surface area contributed by atoms with Crippen LogP contribution in [0.2, 0.25) is 0 Å². The first-order valence-electron chi connectivity index (χ1n) is 11.3. The molecule has 1 aromatic heterocycles. The molecule has 0 spiro atoms. The minimum atomic E-state index is -0.856. The van der Waals surface area contributed by atoms with Crippen molar-refractivity contribution in [2.75, 3.05) is 0 Å². The molecule has 0 saturated heterocycles. The summed E-state index contributed by atoms with van der Waals surface area (Å²) in [5.74, 6) is -1.13. The Bertz CT molecular complexity index is 1120. The van der Waals surface area contributed by atoms with Gasteiger partial charge in [0, 0.05) is 6.42 Å². The molecule has 3 rings (SSSR count). The van der Waals surface area contributed by atoms with Crippen molar-refractivity contribution in [2.24, 2.45) is 5.73 Å². The molecule has 0 aliphatic rings. The van der Waals surface area contributed by atoms with Gasteiger partial charge in [-0.2, -0.15) is 0 Å². The van der Waals surface area contributed by atoms with Gasteiger partial charge in [-0.25, -0.2) is 19.1 Å². The van der Waals surface area contributed by atoms with Crippen LogP contribution in [0.4, 0.5) is 4.79 Å². The summed E-state index contributed by atoms with van der Waals surface area (Å²) >= 11 is 0. The average Bonchev–Trinajstić information content (AvgIpc) is 2.89. The standard InChI is InChI=1S/C26H28N4O5.HI/c27-24(31)23-17-30(16-14-28-23)15-8-7-13-22(25(32)34-18-20-9-3-1-4-10-20)29-26(33)35-19-21-11-5-2-6-12-21;/h1-6,9-12,14,16-17,22H,7-8,13,15,18-19H2,(H2-,27,29,31,33);1H/t22-;/m0./s1. The van der Waals surface area contributed by atoms with Crippen LogP contribution < -0.4 is 39.6 Å². The molecule has 10 heteroatoms. The van der Waals surface area contributed by atoms with E-state index in [0.29, 0.717) is 25.8 Å². The van der Waals surface area contributed by atoms with E-state index in [-0.39, 0.29) is 42.9 Å². The van der Waals surface area contributed by atoms with E-state index in [2.05, 4.69) is 10.3 Å². The monoisotopic (exact) mass is 604 g/mol. The highest BCUT2D eigenvalue weighted by Gasteiger charge is 2.23. The Morgan fingerprint density at radius 1 is 0.917 bits per heavy atom. The summed E-state index contributed by atoms with van der Waals surface area (Å²) < 4.78 is 12.5. The molecular formula is C26H29IN4O5. The minimum Gasteiger partial charge on any atom is -1.00 e. The van der Waals surface area contributed by atoms with Gasteiger partial charge in [0.2, 0.25) is 0 Å². The van der Waals surface area contributed by atoms with E-state index in [9.17, 15) is 14.4 Å². The number of alkyl carbamates (subject to hydrolysis) is 1. The Kier molecular flexibility index (Phi) is 12.3. The third-order valence-corrected chi connectivity index (χ3v) is 5.18. The fourth-order valence-corrected chi connectivity index (χ4v) is 3.33. The predicted octanol–water partition coefficient (Wildman–Crippen LogP) is -0.319. The zero-order valence-electron chi connectivity index (χ0n) is 19.7. The Morgan fingerprint density at radius 2 is 1.53 bits per heavy atom. The van der Waals surface area contributed by atoms with Crippen molar-refractivity contribution < 1.29 is 52.4 Å². The van der Waals surface area contributed by atoms with Gasteiger partial charge in [-0.1, -0.05) is 60.7 Å². The van der Waals surface area contributed by atoms with Crippen molar-refractivity contribution in [3.63, 3.8) is 0 Å². The fourth-order valence-electron chi connectivity index (χ4n) is 3.33. The highest BCUT2D eigenvalue weighted by Crippen LogP contribution is 2.08. The Labute approximate surface area is 227 Å². The first kappa shape index (κ1) is 28.7. The number of rotatable bonds is 12. The number of ether oxygens (including phenoxy) is 2. The lowest BCUT2D eigenvalue weighted by Gasteiger charge is -2.17. The molecule has 0 bridgehead atoms. The molecule has 2 aromatic carbocycles. The molecule has 0 unspecified atom stereocenters. The molecule has 0 saturated carbocycles. The summed E-state index contributed by atoms with van der Waals surface area (Å²) in [6, 6.07) is 17.7. The first-order chi connectivity index (χ1) is 17.0. The van der Waals surface area contributed by atoms with Gasteiger partial charge in [0.05, 0.1) is 6.20 Å². The van der Waals surface area contributed by atoms with Gasteiger partial charge in [0.15, 0.2) is 18.1 Å². The summed E-state index contributed by atoms with van der Waals surface area (Å²) in [4.78, 5) is 40.3. The molecule has 0 fully saturated rings. The van der Waals surface area contributed by atoms with E-state index in [0.717, 1.165) is 11.1 Å². The summed E-state index contributed by atoms with van der Waals surface area (Å²) in [6.07, 6.45) is 5.80. The number of aryl methyl sites for hydroxylation is 1. The van der Waals surface area contributed by atoms with Gasteiger partial charge in [0.25, 0.3) is 5.91 Å². The second-order valence-electron chi connectivity index (χ2n) is 7.89. The summed E-state index contributed by atoms with van der Waals surface area (Å²) in [5, 5.41) is 2.63. The van der Waals surface area contributed by atoms with Gasteiger partial charge in [-0.3, -0.25) is 4.79 Å². The number of amides is 2. The molecular weight excluding hydrogens is 575 g/mol. The number of benzene rings is 2. The van der Waals surface area contributed by atoms with Crippen LogP contribution in [0.5, 0.6) is 0 Å². The highest BCUT2D eigenvalue weighted by molar-refractivity contribution is 5.90. The number of nitrogens with one attached hydrogen (secondary N) is 1. The van der Waals surface area contributed by atoms with Crippen molar-refractivity contribution >= 4 is 18.0 Å². The topological polar surface area (TPSA) is 124 Å². The number of esters is 1. The maximum absolute atomic E-state index is 12.8. The number of nitrogens with zero attached hydrogens (tertiary/aromatic N) is 2. The van der Waals surface area contributed by atoms with Crippen LogP contribution in [0, 0.1) is 0 Å². The normalized spacial score (nSPS) is 11.0. The van der Waals surface area contributed by atoms with Crippen molar-refractivity contribution in [1.82, 2.24) is 10.3 Å². The smallest absolute Gasteiger partial charge is 0.408 e. The van der Waals surface area contributed by atoms with Crippen molar-refractivity contribution in [3.8, 4) is 0 Å². The molecule has 9 nitrogen and oxygen atoms in total. The number of hydrogen-bond donors (Lipinski definition) is 2. The summed E-state index contributed by atoms with van der Waals surface area (Å²) in [6.45, 7) is 0.798. The van der Waals surface area contributed by atoms with Crippen LogP contribution >= 0.6 is 0 Å². The van der Waals surface area contributed by atoms with Crippen molar-refractivity contribution in [2.45, 2.75) is 45.1 Å². The third kappa shape index (κ3) is 9.98. The molecule has 3 aromatic rings. The van der Waals surface area contributed by atoms with Crippen LogP contribution in [0.1, 0.15) is 40.9 Å².